The van der Waals surface area contributed by atoms with Crippen LogP contribution in [0.15, 0.2) is 54.7 Å². The van der Waals surface area contributed by atoms with Crippen LogP contribution in [0.3, 0.4) is 0 Å². The zero-order valence-electron chi connectivity index (χ0n) is 12.5. The third-order valence-electron chi connectivity index (χ3n) is 3.98. The fraction of sp³-hybridized carbons (Fsp3) is 0.263. The maximum Gasteiger partial charge on any atom is 0.0486 e. The summed E-state index contributed by atoms with van der Waals surface area (Å²) < 4.78 is 2.33. The zero-order chi connectivity index (χ0) is 14.7. The Bertz CT molecular complexity index is 723. The third kappa shape index (κ3) is 3.17. The van der Waals surface area contributed by atoms with Gasteiger partial charge < -0.3 is 10.3 Å². The number of aryl methyl sites for hydroxylation is 2. The van der Waals surface area contributed by atoms with Gasteiger partial charge in [0.1, 0.15) is 0 Å². The molecule has 1 aromatic heterocycles. The minimum atomic E-state index is 0.752. The molecule has 0 bridgehead atoms. The maximum atomic E-state index is 5.61. The van der Waals surface area contributed by atoms with Gasteiger partial charge in [0.05, 0.1) is 0 Å². The average Bonchev–Trinajstić information content (AvgIpc) is 2.90. The van der Waals surface area contributed by atoms with Crippen molar-refractivity contribution in [2.24, 2.45) is 5.73 Å². The lowest BCUT2D eigenvalue weighted by molar-refractivity contribution is 0.823. The summed E-state index contributed by atoms with van der Waals surface area (Å²) in [5.74, 6) is 0. The van der Waals surface area contributed by atoms with Gasteiger partial charge in [0.2, 0.25) is 0 Å². The van der Waals surface area contributed by atoms with Crippen molar-refractivity contribution in [2.75, 3.05) is 6.54 Å². The van der Waals surface area contributed by atoms with Crippen LogP contribution < -0.4 is 5.73 Å². The maximum absolute atomic E-state index is 5.61. The molecule has 0 aliphatic heterocycles. The van der Waals surface area contributed by atoms with Gasteiger partial charge >= 0.3 is 0 Å². The van der Waals surface area contributed by atoms with E-state index in [9.17, 15) is 0 Å². The van der Waals surface area contributed by atoms with Crippen LogP contribution >= 0.6 is 0 Å². The molecule has 2 heteroatoms. The number of nitrogens with zero attached hydrogens (tertiary/aromatic N) is 1. The predicted molar refractivity (Wildman–Crippen MR) is 89.6 cm³/mol. The molecule has 0 unspecified atom stereocenters. The Morgan fingerprint density at radius 1 is 0.952 bits per heavy atom. The lowest BCUT2D eigenvalue weighted by Gasteiger charge is -2.08. The van der Waals surface area contributed by atoms with Crippen molar-refractivity contribution in [1.29, 1.82) is 0 Å². The quantitative estimate of drug-likeness (QED) is 0.754. The number of benzene rings is 2. The summed E-state index contributed by atoms with van der Waals surface area (Å²) in [7, 11) is 0. The van der Waals surface area contributed by atoms with E-state index in [4.69, 9.17) is 5.73 Å². The highest BCUT2D eigenvalue weighted by atomic mass is 14.9. The van der Waals surface area contributed by atoms with Crippen molar-refractivity contribution in [3.05, 3.63) is 71.4 Å². The van der Waals surface area contributed by atoms with Gasteiger partial charge in [-0.25, -0.2) is 0 Å². The average molecular weight is 278 g/mol. The number of rotatable bonds is 5. The van der Waals surface area contributed by atoms with Gasteiger partial charge in [0.25, 0.3) is 0 Å². The van der Waals surface area contributed by atoms with Gasteiger partial charge in [-0.3, -0.25) is 0 Å². The number of hydrogen-bond donors (Lipinski definition) is 1. The van der Waals surface area contributed by atoms with E-state index in [0.29, 0.717) is 0 Å². The van der Waals surface area contributed by atoms with Gasteiger partial charge in [-0.05, 0) is 55.0 Å². The van der Waals surface area contributed by atoms with Crippen LogP contribution in [-0.2, 0) is 13.0 Å². The molecule has 2 N–H and O–H groups in total. The number of hydrogen-bond acceptors (Lipinski definition) is 1. The molecule has 0 atom stereocenters. The van der Waals surface area contributed by atoms with E-state index in [-0.39, 0.29) is 0 Å². The molecule has 0 aliphatic rings. The Kier molecular flexibility index (Phi) is 4.07. The molecule has 3 rings (SSSR count). The smallest absolute Gasteiger partial charge is 0.0486 e. The predicted octanol–water partition coefficient (Wildman–Crippen LogP) is 3.89. The fourth-order valence-corrected chi connectivity index (χ4v) is 2.72. The van der Waals surface area contributed by atoms with Crippen molar-refractivity contribution >= 4 is 10.9 Å². The summed E-state index contributed by atoms with van der Waals surface area (Å²) in [5.41, 5.74) is 10.9. The second-order valence-electron chi connectivity index (χ2n) is 5.71. The van der Waals surface area contributed by atoms with Crippen molar-refractivity contribution < 1.29 is 0 Å². The summed E-state index contributed by atoms with van der Waals surface area (Å²) in [5, 5.41) is 1.30. The Balaban J connectivity index is 1.89. The minimum Gasteiger partial charge on any atom is -0.343 e. The SMILES string of the molecule is Cc1ccc(Cn2ccc3ccc(CCCN)cc32)cc1. The lowest BCUT2D eigenvalue weighted by Crippen LogP contribution is -2.01. The highest BCUT2D eigenvalue weighted by molar-refractivity contribution is 5.81. The standard InChI is InChI=1S/C19H22N2/c1-15-4-6-17(7-5-15)14-21-12-10-18-9-8-16(3-2-11-20)13-19(18)21/h4-10,12-13H,2-3,11,14,20H2,1H3. The van der Waals surface area contributed by atoms with Gasteiger partial charge in [-0.2, -0.15) is 0 Å². The highest BCUT2D eigenvalue weighted by Crippen LogP contribution is 2.20. The second-order valence-corrected chi connectivity index (χ2v) is 5.71. The molecular weight excluding hydrogens is 256 g/mol. The molecule has 0 saturated carbocycles. The molecule has 0 amide bonds. The summed E-state index contributed by atoms with van der Waals surface area (Å²) in [6, 6.07) is 17.7. The van der Waals surface area contributed by atoms with Crippen LogP contribution in [0.5, 0.6) is 0 Å². The van der Waals surface area contributed by atoms with Crippen LogP contribution in [0.25, 0.3) is 10.9 Å². The second kappa shape index (κ2) is 6.15. The van der Waals surface area contributed by atoms with Gasteiger partial charge in [-0.15, -0.1) is 0 Å². The Morgan fingerprint density at radius 2 is 1.71 bits per heavy atom. The molecule has 21 heavy (non-hydrogen) atoms. The molecule has 0 aliphatic carbocycles. The molecule has 1 heterocycles. The molecule has 0 saturated heterocycles. The van der Waals surface area contributed by atoms with Crippen LogP contribution in [0.1, 0.15) is 23.1 Å². The van der Waals surface area contributed by atoms with E-state index >= 15 is 0 Å². The first kappa shape index (κ1) is 13.9. The van der Waals surface area contributed by atoms with E-state index in [1.807, 2.05) is 0 Å². The third-order valence-corrected chi connectivity index (χ3v) is 3.98. The molecule has 2 aromatic carbocycles. The summed E-state index contributed by atoms with van der Waals surface area (Å²) in [6.45, 7) is 3.80. The van der Waals surface area contributed by atoms with E-state index in [0.717, 1.165) is 25.9 Å². The molecular formula is C19H22N2. The van der Waals surface area contributed by atoms with E-state index in [2.05, 4.69) is 66.2 Å². The zero-order valence-corrected chi connectivity index (χ0v) is 12.5. The largest absolute Gasteiger partial charge is 0.343 e. The van der Waals surface area contributed by atoms with Crippen molar-refractivity contribution in [2.45, 2.75) is 26.3 Å². The topological polar surface area (TPSA) is 30.9 Å². The fourth-order valence-electron chi connectivity index (χ4n) is 2.72. The molecule has 108 valence electrons. The van der Waals surface area contributed by atoms with Gasteiger partial charge in [0.15, 0.2) is 0 Å². The van der Waals surface area contributed by atoms with Crippen LogP contribution in [-0.4, -0.2) is 11.1 Å². The van der Waals surface area contributed by atoms with Crippen LogP contribution in [0, 0.1) is 6.92 Å². The van der Waals surface area contributed by atoms with Crippen molar-refractivity contribution in [1.82, 2.24) is 4.57 Å². The van der Waals surface area contributed by atoms with E-state index < -0.39 is 0 Å². The molecule has 0 radical (unpaired) electrons. The number of nitrogens with two attached hydrogens (primary N) is 1. The first-order chi connectivity index (χ1) is 10.3. The van der Waals surface area contributed by atoms with E-state index in [1.54, 1.807) is 0 Å². The number of fused-ring (bicyclic) bond motifs is 1. The summed E-state index contributed by atoms with van der Waals surface area (Å²) in [4.78, 5) is 0. The first-order valence-corrected chi connectivity index (χ1v) is 7.59. The van der Waals surface area contributed by atoms with Crippen molar-refractivity contribution in [3.63, 3.8) is 0 Å². The summed E-state index contributed by atoms with van der Waals surface area (Å²) in [6.07, 6.45) is 4.28. The monoisotopic (exact) mass is 278 g/mol. The molecule has 0 fully saturated rings. The minimum absolute atomic E-state index is 0.752. The first-order valence-electron chi connectivity index (χ1n) is 7.59. The lowest BCUT2D eigenvalue weighted by atomic mass is 10.1. The summed E-state index contributed by atoms with van der Waals surface area (Å²) >= 11 is 0. The van der Waals surface area contributed by atoms with Crippen molar-refractivity contribution in [3.8, 4) is 0 Å². The van der Waals surface area contributed by atoms with Crippen LogP contribution in [0.4, 0.5) is 0 Å². The number of aromatic nitrogens is 1. The van der Waals surface area contributed by atoms with E-state index in [1.165, 1.54) is 27.6 Å². The molecule has 3 aromatic rings. The van der Waals surface area contributed by atoms with Gasteiger partial charge in [0, 0.05) is 18.3 Å². The van der Waals surface area contributed by atoms with Crippen LogP contribution in [0.2, 0.25) is 0 Å². The normalized spacial score (nSPS) is 11.1. The molecule has 2 nitrogen and oxygen atoms in total. The Labute approximate surface area is 126 Å². The Morgan fingerprint density at radius 3 is 2.48 bits per heavy atom. The highest BCUT2D eigenvalue weighted by Gasteiger charge is 2.03. The van der Waals surface area contributed by atoms with Gasteiger partial charge in [-0.1, -0.05) is 42.0 Å². The Hall–Kier alpha value is -2.06. The molecule has 0 spiro atoms.